The standard InChI is InChI=1S/C5H10N2O/c1-6-4-3-5(8)7-2/h3-4,7-8H,1-2H3/b5-3+,6-4-. The van der Waals surface area contributed by atoms with Crippen molar-refractivity contribution in [2.75, 3.05) is 14.1 Å². The summed E-state index contributed by atoms with van der Waals surface area (Å²) in [6.45, 7) is 0. The second-order valence-corrected chi connectivity index (χ2v) is 1.21. The lowest BCUT2D eigenvalue weighted by molar-refractivity contribution is 0.377. The highest BCUT2D eigenvalue weighted by Gasteiger charge is 1.76. The van der Waals surface area contributed by atoms with Gasteiger partial charge in [-0.05, 0) is 0 Å². The maximum Gasteiger partial charge on any atom is 0.185 e. The summed E-state index contributed by atoms with van der Waals surface area (Å²) >= 11 is 0. The highest BCUT2D eigenvalue weighted by atomic mass is 16.3. The molecule has 8 heavy (non-hydrogen) atoms. The second kappa shape index (κ2) is 4.18. The largest absolute Gasteiger partial charge is 0.495 e. The molecule has 0 heterocycles. The maximum atomic E-state index is 8.65. The zero-order chi connectivity index (χ0) is 6.41. The second-order valence-electron chi connectivity index (χ2n) is 1.21. The van der Waals surface area contributed by atoms with Crippen LogP contribution in [0.4, 0.5) is 0 Å². The number of aliphatic hydroxyl groups excluding tert-OH is 1. The first-order valence-electron chi connectivity index (χ1n) is 2.30. The molecule has 0 aromatic heterocycles. The third kappa shape index (κ3) is 3.21. The topological polar surface area (TPSA) is 44.6 Å². The minimum Gasteiger partial charge on any atom is -0.495 e. The van der Waals surface area contributed by atoms with Crippen molar-refractivity contribution in [2.45, 2.75) is 0 Å². The monoisotopic (exact) mass is 114 g/mol. The fraction of sp³-hybridized carbons (Fsp3) is 0.400. The van der Waals surface area contributed by atoms with Gasteiger partial charge in [0.1, 0.15) is 0 Å². The number of aliphatic hydroxyl groups is 1. The van der Waals surface area contributed by atoms with Gasteiger partial charge in [-0.1, -0.05) is 0 Å². The lowest BCUT2D eigenvalue weighted by Gasteiger charge is -1.90. The van der Waals surface area contributed by atoms with E-state index in [9.17, 15) is 0 Å². The molecule has 0 atom stereocenters. The van der Waals surface area contributed by atoms with Crippen LogP contribution in [0.2, 0.25) is 0 Å². The van der Waals surface area contributed by atoms with E-state index in [1.807, 2.05) is 0 Å². The van der Waals surface area contributed by atoms with E-state index in [0.29, 0.717) is 0 Å². The van der Waals surface area contributed by atoms with Gasteiger partial charge in [0, 0.05) is 26.4 Å². The summed E-state index contributed by atoms with van der Waals surface area (Å²) in [6, 6.07) is 0. The van der Waals surface area contributed by atoms with Crippen molar-refractivity contribution in [3.8, 4) is 0 Å². The Morgan fingerprint density at radius 1 is 1.75 bits per heavy atom. The quantitative estimate of drug-likeness (QED) is 0.400. The SMILES string of the molecule is C/N=C\C=C(\O)NC. The van der Waals surface area contributed by atoms with Gasteiger partial charge in [0.2, 0.25) is 0 Å². The molecule has 0 aliphatic rings. The summed E-state index contributed by atoms with van der Waals surface area (Å²) in [6.07, 6.45) is 2.98. The average Bonchev–Trinajstić information content (AvgIpc) is 1.83. The number of hydrogen-bond donors (Lipinski definition) is 2. The van der Waals surface area contributed by atoms with Crippen LogP contribution in [-0.2, 0) is 0 Å². The zero-order valence-electron chi connectivity index (χ0n) is 5.05. The molecule has 0 saturated heterocycles. The molecule has 46 valence electrons. The molecule has 3 heteroatoms. The summed E-state index contributed by atoms with van der Waals surface area (Å²) in [7, 11) is 3.27. The Hall–Kier alpha value is -0.990. The van der Waals surface area contributed by atoms with Crippen molar-refractivity contribution in [1.29, 1.82) is 0 Å². The van der Waals surface area contributed by atoms with Crippen LogP contribution in [0.1, 0.15) is 0 Å². The fourth-order valence-corrected chi connectivity index (χ4v) is 0.228. The summed E-state index contributed by atoms with van der Waals surface area (Å²) in [5.74, 6) is 0.121. The van der Waals surface area contributed by atoms with Crippen LogP contribution in [0, 0.1) is 0 Å². The molecule has 0 aliphatic heterocycles. The Kier molecular flexibility index (Phi) is 3.66. The smallest absolute Gasteiger partial charge is 0.185 e. The molecule has 0 radical (unpaired) electrons. The Morgan fingerprint density at radius 3 is 2.75 bits per heavy atom. The summed E-state index contributed by atoms with van der Waals surface area (Å²) in [4.78, 5) is 3.62. The minimum atomic E-state index is 0.121. The van der Waals surface area contributed by atoms with Gasteiger partial charge < -0.3 is 10.4 Å². The first-order valence-corrected chi connectivity index (χ1v) is 2.30. The highest BCUT2D eigenvalue weighted by Crippen LogP contribution is 1.73. The molecule has 0 amide bonds. The molecule has 3 nitrogen and oxygen atoms in total. The lowest BCUT2D eigenvalue weighted by Crippen LogP contribution is -2.03. The van der Waals surface area contributed by atoms with Gasteiger partial charge in [-0.15, -0.1) is 0 Å². The first kappa shape index (κ1) is 7.01. The van der Waals surface area contributed by atoms with Crippen molar-refractivity contribution in [1.82, 2.24) is 5.32 Å². The van der Waals surface area contributed by atoms with Gasteiger partial charge in [-0.2, -0.15) is 0 Å². The molecule has 0 rings (SSSR count). The van der Waals surface area contributed by atoms with Crippen LogP contribution in [-0.4, -0.2) is 25.4 Å². The van der Waals surface area contributed by atoms with E-state index in [2.05, 4.69) is 10.3 Å². The van der Waals surface area contributed by atoms with E-state index in [1.165, 1.54) is 12.3 Å². The predicted molar refractivity (Wildman–Crippen MR) is 34.2 cm³/mol. The third-order valence-corrected chi connectivity index (χ3v) is 0.638. The molecule has 0 aromatic rings. The highest BCUT2D eigenvalue weighted by molar-refractivity contribution is 5.71. The molecule has 0 bridgehead atoms. The van der Waals surface area contributed by atoms with Crippen LogP contribution in [0.25, 0.3) is 0 Å². The van der Waals surface area contributed by atoms with Crippen LogP contribution in [0.5, 0.6) is 0 Å². The van der Waals surface area contributed by atoms with Crippen LogP contribution >= 0.6 is 0 Å². The van der Waals surface area contributed by atoms with E-state index < -0.39 is 0 Å². The van der Waals surface area contributed by atoms with Gasteiger partial charge in [0.15, 0.2) is 5.88 Å². The van der Waals surface area contributed by atoms with Crippen molar-refractivity contribution in [3.05, 3.63) is 12.0 Å². The van der Waals surface area contributed by atoms with E-state index in [0.717, 1.165) is 0 Å². The third-order valence-electron chi connectivity index (χ3n) is 0.638. The van der Waals surface area contributed by atoms with Crippen molar-refractivity contribution >= 4 is 6.21 Å². The van der Waals surface area contributed by atoms with Crippen LogP contribution < -0.4 is 5.32 Å². The summed E-state index contributed by atoms with van der Waals surface area (Å²) < 4.78 is 0. The van der Waals surface area contributed by atoms with E-state index >= 15 is 0 Å². The molecule has 0 aliphatic carbocycles. The Morgan fingerprint density at radius 2 is 2.38 bits per heavy atom. The van der Waals surface area contributed by atoms with Crippen LogP contribution in [0.3, 0.4) is 0 Å². The van der Waals surface area contributed by atoms with Gasteiger partial charge in [0.05, 0.1) is 0 Å². The summed E-state index contributed by atoms with van der Waals surface area (Å²) in [5.41, 5.74) is 0. The Balaban J connectivity index is 3.57. The molecule has 0 saturated carbocycles. The predicted octanol–water partition coefficient (Wildman–Crippen LogP) is 0.306. The van der Waals surface area contributed by atoms with E-state index in [4.69, 9.17) is 5.11 Å². The average molecular weight is 114 g/mol. The first-order chi connectivity index (χ1) is 3.81. The fourth-order valence-electron chi connectivity index (χ4n) is 0.228. The van der Waals surface area contributed by atoms with E-state index in [-0.39, 0.29) is 5.88 Å². The molecule has 0 spiro atoms. The molecule has 0 unspecified atom stereocenters. The Bertz CT molecular complexity index is 107. The zero-order valence-corrected chi connectivity index (χ0v) is 5.05. The number of rotatable bonds is 2. The van der Waals surface area contributed by atoms with Crippen molar-refractivity contribution in [2.24, 2.45) is 4.99 Å². The molecule has 2 N–H and O–H groups in total. The Labute approximate surface area is 48.7 Å². The summed E-state index contributed by atoms with van der Waals surface area (Å²) in [5, 5.41) is 11.2. The number of allylic oxidation sites excluding steroid dienone is 1. The normalized spacial score (nSPS) is 12.5. The van der Waals surface area contributed by atoms with Gasteiger partial charge in [0.25, 0.3) is 0 Å². The minimum absolute atomic E-state index is 0.121. The van der Waals surface area contributed by atoms with Gasteiger partial charge in [-0.25, -0.2) is 0 Å². The van der Waals surface area contributed by atoms with Crippen LogP contribution in [0.15, 0.2) is 17.0 Å². The number of aliphatic imine (C=N–C) groups is 1. The molecule has 0 fully saturated rings. The lowest BCUT2D eigenvalue weighted by atomic mass is 10.6. The molecular formula is C5H10N2O. The number of nitrogens with zero attached hydrogens (tertiary/aromatic N) is 1. The van der Waals surface area contributed by atoms with Crippen molar-refractivity contribution in [3.63, 3.8) is 0 Å². The van der Waals surface area contributed by atoms with E-state index in [1.54, 1.807) is 14.1 Å². The number of nitrogens with one attached hydrogen (secondary N) is 1. The maximum absolute atomic E-state index is 8.65. The van der Waals surface area contributed by atoms with Gasteiger partial charge in [-0.3, -0.25) is 4.99 Å². The van der Waals surface area contributed by atoms with Crippen molar-refractivity contribution < 1.29 is 5.11 Å². The molecule has 0 aromatic carbocycles. The molecular weight excluding hydrogens is 104 g/mol. The van der Waals surface area contributed by atoms with Gasteiger partial charge >= 0.3 is 0 Å². The number of hydrogen-bond acceptors (Lipinski definition) is 3.